The van der Waals surface area contributed by atoms with Gasteiger partial charge in [-0.3, -0.25) is 0 Å². The molecule has 0 aliphatic carbocycles. The molecular weight excluding hydrogens is 312 g/mol. The molecule has 0 heteroatoms. The quantitative estimate of drug-likeness (QED) is 0.395. The van der Waals surface area contributed by atoms with Gasteiger partial charge in [-0.25, -0.2) is 0 Å². The van der Waals surface area contributed by atoms with Crippen LogP contribution in [-0.2, 0) is 0 Å². The van der Waals surface area contributed by atoms with E-state index >= 15 is 0 Å². The van der Waals surface area contributed by atoms with E-state index in [4.69, 9.17) is 0 Å². The zero-order valence-corrected chi connectivity index (χ0v) is 20.4. The van der Waals surface area contributed by atoms with E-state index in [2.05, 4.69) is 95.6 Å². The predicted molar refractivity (Wildman–Crippen MR) is 126 cm³/mol. The molecule has 0 amide bonds. The molecule has 0 aromatic heterocycles. The summed E-state index contributed by atoms with van der Waals surface area (Å²) >= 11 is 0. The minimum absolute atomic E-state index is 0.328. The second-order valence-electron chi connectivity index (χ2n) is 9.83. The lowest BCUT2D eigenvalue weighted by Gasteiger charge is -2.58. The van der Waals surface area contributed by atoms with E-state index in [9.17, 15) is 0 Å². The van der Waals surface area contributed by atoms with Gasteiger partial charge in [0.15, 0.2) is 0 Å². The van der Waals surface area contributed by atoms with Crippen LogP contribution >= 0.6 is 0 Å². The molecule has 0 radical (unpaired) electrons. The van der Waals surface area contributed by atoms with E-state index in [0.29, 0.717) is 21.7 Å². The maximum absolute atomic E-state index is 3.56. The molecule has 0 saturated heterocycles. The maximum atomic E-state index is 3.56. The van der Waals surface area contributed by atoms with Crippen molar-refractivity contribution >= 4 is 0 Å². The molecule has 0 unspecified atom stereocenters. The van der Waals surface area contributed by atoms with E-state index in [1.54, 1.807) is 12.2 Å². The zero-order valence-electron chi connectivity index (χ0n) is 20.4. The minimum Gasteiger partial charge on any atom is -0.0988 e. The van der Waals surface area contributed by atoms with Gasteiger partial charge in [0.2, 0.25) is 0 Å². The van der Waals surface area contributed by atoms with E-state index in [1.165, 1.54) is 12.8 Å². The summed E-state index contributed by atoms with van der Waals surface area (Å²) in [5.41, 5.74) is 3.45. The SMILES string of the molecule is C=CC(=C)C.C=CC(=C)C.CCC(C)(C)C(C)(C)C(C)(C)C(C)(C)CC. The summed E-state index contributed by atoms with van der Waals surface area (Å²) in [6.07, 6.45) is 5.92. The Bertz CT molecular complexity index is 408. The summed E-state index contributed by atoms with van der Waals surface area (Å²) in [7, 11) is 0. The lowest BCUT2D eigenvalue weighted by molar-refractivity contribution is -0.0968. The highest BCUT2D eigenvalue weighted by atomic mass is 14.6. The summed E-state index contributed by atoms with van der Waals surface area (Å²) in [4.78, 5) is 0. The van der Waals surface area contributed by atoms with E-state index < -0.39 is 0 Å². The Hall–Kier alpha value is -1.04. The first-order chi connectivity index (χ1) is 11.4. The van der Waals surface area contributed by atoms with Gasteiger partial charge in [-0.05, 0) is 35.5 Å². The number of allylic oxidation sites excluding steroid dienone is 4. The van der Waals surface area contributed by atoms with Crippen LogP contribution in [-0.4, -0.2) is 0 Å². The van der Waals surface area contributed by atoms with Gasteiger partial charge in [-0.1, -0.05) is 132 Å². The van der Waals surface area contributed by atoms with Crippen LogP contribution < -0.4 is 0 Å². The first-order valence-electron chi connectivity index (χ1n) is 9.97. The Morgan fingerprint density at radius 2 is 0.769 bits per heavy atom. The molecule has 0 nitrogen and oxygen atoms in total. The van der Waals surface area contributed by atoms with Gasteiger partial charge in [0.25, 0.3) is 0 Å². The van der Waals surface area contributed by atoms with Crippen molar-refractivity contribution in [2.75, 3.05) is 0 Å². The molecule has 0 fully saturated rings. The molecule has 0 heterocycles. The minimum atomic E-state index is 0.328. The van der Waals surface area contributed by atoms with Crippen LogP contribution in [0.3, 0.4) is 0 Å². The average molecular weight is 363 g/mol. The van der Waals surface area contributed by atoms with Crippen molar-refractivity contribution in [2.24, 2.45) is 21.7 Å². The van der Waals surface area contributed by atoms with Crippen LogP contribution in [0.2, 0.25) is 0 Å². The summed E-state index contributed by atoms with van der Waals surface area (Å²) in [6.45, 7) is 42.0. The zero-order chi connectivity index (χ0) is 22.0. The van der Waals surface area contributed by atoms with Gasteiger partial charge >= 0.3 is 0 Å². The molecular formula is C26H50. The summed E-state index contributed by atoms with van der Waals surface area (Å²) < 4.78 is 0. The molecule has 0 atom stereocenters. The molecule has 0 spiro atoms. The third-order valence-corrected chi connectivity index (χ3v) is 7.41. The molecule has 0 aliphatic rings. The van der Waals surface area contributed by atoms with E-state index in [1.807, 2.05) is 13.8 Å². The molecule has 0 aromatic carbocycles. The lowest BCUT2D eigenvalue weighted by atomic mass is 9.46. The molecule has 26 heavy (non-hydrogen) atoms. The van der Waals surface area contributed by atoms with Crippen molar-refractivity contribution in [3.05, 3.63) is 49.6 Å². The largest absolute Gasteiger partial charge is 0.0988 e. The van der Waals surface area contributed by atoms with Gasteiger partial charge in [0, 0.05) is 0 Å². The fourth-order valence-electron chi connectivity index (χ4n) is 2.58. The normalized spacial score (nSPS) is 12.0. The van der Waals surface area contributed by atoms with Gasteiger partial charge in [-0.2, -0.15) is 0 Å². The Labute approximate surface area is 167 Å². The van der Waals surface area contributed by atoms with Crippen LogP contribution in [0.4, 0.5) is 0 Å². The highest BCUT2D eigenvalue weighted by Gasteiger charge is 2.52. The standard InChI is InChI=1S/C16H34.2C5H8/c1-11-13(3,4)15(7,8)16(9,10)14(5,6)12-2;2*1-4-5(2)3/h11-12H2,1-10H3;2*4H,1-2H2,3H3. The highest BCUT2D eigenvalue weighted by molar-refractivity contribution is 5.06. The van der Waals surface area contributed by atoms with Crippen molar-refractivity contribution < 1.29 is 0 Å². The Morgan fingerprint density at radius 3 is 0.846 bits per heavy atom. The second-order valence-corrected chi connectivity index (χ2v) is 9.83. The second kappa shape index (κ2) is 11.6. The first kappa shape index (κ1) is 29.7. The van der Waals surface area contributed by atoms with Crippen molar-refractivity contribution in [3.8, 4) is 0 Å². The van der Waals surface area contributed by atoms with Gasteiger partial charge < -0.3 is 0 Å². The number of hydrogen-bond donors (Lipinski definition) is 0. The fourth-order valence-corrected chi connectivity index (χ4v) is 2.58. The van der Waals surface area contributed by atoms with Crippen molar-refractivity contribution in [3.63, 3.8) is 0 Å². The Morgan fingerprint density at radius 1 is 0.615 bits per heavy atom. The van der Waals surface area contributed by atoms with E-state index in [-0.39, 0.29) is 0 Å². The average Bonchev–Trinajstić information content (AvgIpc) is 2.55. The van der Waals surface area contributed by atoms with Crippen LogP contribution in [0.5, 0.6) is 0 Å². The van der Waals surface area contributed by atoms with Crippen molar-refractivity contribution in [1.29, 1.82) is 0 Å². The predicted octanol–water partition coefficient (Wildman–Crippen LogP) is 9.41. The smallest absolute Gasteiger partial charge is 0.0247 e. The molecule has 0 N–H and O–H groups in total. The molecule has 0 bridgehead atoms. The van der Waals surface area contributed by atoms with E-state index in [0.717, 1.165) is 11.1 Å². The van der Waals surface area contributed by atoms with Crippen LogP contribution in [0.1, 0.15) is 95.9 Å². The Kier molecular flexibility index (Phi) is 13.3. The van der Waals surface area contributed by atoms with Crippen molar-refractivity contribution in [1.82, 2.24) is 0 Å². The molecule has 0 aliphatic heterocycles. The van der Waals surface area contributed by atoms with Crippen molar-refractivity contribution in [2.45, 2.75) is 95.9 Å². The molecule has 154 valence electrons. The lowest BCUT2D eigenvalue weighted by Crippen LogP contribution is -2.51. The summed E-state index contributed by atoms with van der Waals surface area (Å²) in [6, 6.07) is 0. The maximum Gasteiger partial charge on any atom is -0.0247 e. The topological polar surface area (TPSA) is 0 Å². The summed E-state index contributed by atoms with van der Waals surface area (Å²) in [5.74, 6) is 0. The first-order valence-corrected chi connectivity index (χ1v) is 9.97. The van der Waals surface area contributed by atoms with Crippen LogP contribution in [0.25, 0.3) is 0 Å². The van der Waals surface area contributed by atoms with Gasteiger partial charge in [0.05, 0.1) is 0 Å². The fraction of sp³-hybridized carbons (Fsp3) is 0.692. The third-order valence-electron chi connectivity index (χ3n) is 7.41. The van der Waals surface area contributed by atoms with Gasteiger partial charge in [-0.15, -0.1) is 0 Å². The Balaban J connectivity index is -0.000000433. The monoisotopic (exact) mass is 362 g/mol. The summed E-state index contributed by atoms with van der Waals surface area (Å²) in [5, 5.41) is 0. The van der Waals surface area contributed by atoms with Gasteiger partial charge in [0.1, 0.15) is 0 Å². The molecule has 0 aromatic rings. The third kappa shape index (κ3) is 8.56. The number of rotatable bonds is 7. The molecule has 0 rings (SSSR count). The molecule has 0 saturated carbocycles. The number of hydrogen-bond acceptors (Lipinski definition) is 0. The highest BCUT2D eigenvalue weighted by Crippen LogP contribution is 2.60. The van der Waals surface area contributed by atoms with Crippen LogP contribution in [0, 0.1) is 21.7 Å². The van der Waals surface area contributed by atoms with Crippen LogP contribution in [0.15, 0.2) is 49.6 Å².